The van der Waals surface area contributed by atoms with Gasteiger partial charge in [-0.05, 0) is 71.3 Å². The highest BCUT2D eigenvalue weighted by molar-refractivity contribution is 5.83. The summed E-state index contributed by atoms with van der Waals surface area (Å²) >= 11 is 0. The summed E-state index contributed by atoms with van der Waals surface area (Å²) in [5, 5.41) is 7.26. The second-order valence-corrected chi connectivity index (χ2v) is 13.4. The van der Waals surface area contributed by atoms with E-state index in [1.54, 1.807) is 0 Å². The first-order chi connectivity index (χ1) is 26.7. The smallest absolute Gasteiger partial charge is 0.196 e. The zero-order valence-electron chi connectivity index (χ0n) is 29.2. The van der Waals surface area contributed by atoms with E-state index in [0.29, 0.717) is 17.5 Å². The number of hydrogen-bond acceptors (Lipinski definition) is 7. The highest BCUT2D eigenvalue weighted by Gasteiger charge is 2.31. The molecule has 3 heterocycles. The molecule has 54 heavy (non-hydrogen) atoms. The van der Waals surface area contributed by atoms with Gasteiger partial charge in [-0.3, -0.25) is 0 Å². The Morgan fingerprint density at radius 2 is 0.963 bits per heavy atom. The summed E-state index contributed by atoms with van der Waals surface area (Å²) in [6, 6.07) is 62.4. The van der Waals surface area contributed by atoms with Crippen LogP contribution in [0.2, 0.25) is 0 Å². The van der Waals surface area contributed by atoms with E-state index in [1.165, 1.54) is 0 Å². The van der Waals surface area contributed by atoms with Crippen LogP contribution in [-0.2, 0) is 0 Å². The van der Waals surface area contributed by atoms with Gasteiger partial charge in [0.05, 0.1) is 17.1 Å². The average molecular weight is 699 g/mol. The number of benzene rings is 7. The molecule has 7 nitrogen and oxygen atoms in total. The second-order valence-electron chi connectivity index (χ2n) is 13.4. The molecule has 2 unspecified atom stereocenters. The van der Waals surface area contributed by atoms with Gasteiger partial charge in [0.25, 0.3) is 0 Å². The van der Waals surface area contributed by atoms with Gasteiger partial charge in [-0.15, -0.1) is 0 Å². The van der Waals surface area contributed by atoms with Crippen LogP contribution in [0.1, 0.15) is 23.5 Å². The van der Waals surface area contributed by atoms with Crippen molar-refractivity contribution in [2.45, 2.75) is 12.4 Å². The Balaban J connectivity index is 1.07. The molecule has 0 bridgehead atoms. The van der Waals surface area contributed by atoms with Gasteiger partial charge in [-0.2, -0.15) is 0 Å². The lowest BCUT2D eigenvalue weighted by Gasteiger charge is -2.27. The van der Waals surface area contributed by atoms with Crippen LogP contribution in [0.3, 0.4) is 0 Å². The molecule has 2 aliphatic heterocycles. The standard InChI is InChI=1S/C47H34N6O/c1-3-14-31(15-4-1)32-16-11-17-33(28-32)43-50-44(52-45(51-43)35-19-13-21-37(30-35)47-49-40-25-8-10-27-42(40)54-47)34-18-12-20-36(29-34)46-48-39-24-7-9-26-41(39)53(46)38-22-5-2-6-23-38/h1-30,46-49H. The summed E-state index contributed by atoms with van der Waals surface area (Å²) in [4.78, 5) is 17.8. The topological polar surface area (TPSA) is 75.2 Å². The number of hydrogen-bond donors (Lipinski definition) is 2. The third-order valence-corrected chi connectivity index (χ3v) is 9.94. The third-order valence-electron chi connectivity index (χ3n) is 9.94. The van der Waals surface area contributed by atoms with Gasteiger partial charge in [0.15, 0.2) is 23.7 Å². The number of nitrogens with zero attached hydrogens (tertiary/aromatic N) is 4. The molecule has 0 radical (unpaired) electrons. The van der Waals surface area contributed by atoms with Crippen LogP contribution in [-0.4, -0.2) is 15.0 Å². The maximum absolute atomic E-state index is 6.28. The Bertz CT molecular complexity index is 2600. The van der Waals surface area contributed by atoms with Crippen LogP contribution >= 0.6 is 0 Å². The monoisotopic (exact) mass is 698 g/mol. The van der Waals surface area contributed by atoms with E-state index in [-0.39, 0.29) is 12.4 Å². The number of para-hydroxylation sites is 5. The molecule has 1 aromatic heterocycles. The van der Waals surface area contributed by atoms with Crippen molar-refractivity contribution in [2.24, 2.45) is 0 Å². The van der Waals surface area contributed by atoms with E-state index in [9.17, 15) is 0 Å². The van der Waals surface area contributed by atoms with Crippen LogP contribution < -0.4 is 20.3 Å². The molecule has 0 amide bonds. The van der Waals surface area contributed by atoms with Crippen molar-refractivity contribution >= 4 is 22.7 Å². The fourth-order valence-electron chi connectivity index (χ4n) is 7.32. The summed E-state index contributed by atoms with van der Waals surface area (Å²) < 4.78 is 6.28. The van der Waals surface area contributed by atoms with E-state index in [4.69, 9.17) is 19.7 Å². The molecule has 0 saturated heterocycles. The zero-order valence-corrected chi connectivity index (χ0v) is 29.2. The molecule has 7 aromatic carbocycles. The van der Waals surface area contributed by atoms with Crippen molar-refractivity contribution in [1.29, 1.82) is 0 Å². The van der Waals surface area contributed by atoms with E-state index in [2.05, 4.69) is 149 Å². The van der Waals surface area contributed by atoms with Gasteiger partial charge < -0.3 is 20.3 Å². The minimum atomic E-state index is -0.321. The number of nitrogens with one attached hydrogen (secondary N) is 2. The molecule has 8 aromatic rings. The van der Waals surface area contributed by atoms with Crippen molar-refractivity contribution in [2.75, 3.05) is 15.5 Å². The molecule has 2 aliphatic rings. The highest BCUT2D eigenvalue weighted by atomic mass is 16.5. The average Bonchev–Trinajstić information content (AvgIpc) is 3.87. The summed E-state index contributed by atoms with van der Waals surface area (Å²) in [5.74, 6) is 2.61. The minimum absolute atomic E-state index is 0.132. The maximum Gasteiger partial charge on any atom is 0.196 e. The van der Waals surface area contributed by atoms with E-state index in [1.807, 2.05) is 48.5 Å². The molecule has 7 heteroatoms. The Morgan fingerprint density at radius 1 is 0.426 bits per heavy atom. The number of fused-ring (bicyclic) bond motifs is 2. The first-order valence-electron chi connectivity index (χ1n) is 18.1. The van der Waals surface area contributed by atoms with E-state index < -0.39 is 0 Å². The van der Waals surface area contributed by atoms with Crippen molar-refractivity contribution < 1.29 is 4.74 Å². The normalized spacial score (nSPS) is 15.4. The Morgan fingerprint density at radius 3 is 1.69 bits per heavy atom. The molecule has 2 atom stereocenters. The van der Waals surface area contributed by atoms with E-state index in [0.717, 1.165) is 67.4 Å². The fraction of sp³-hybridized carbons (Fsp3) is 0.0426. The molecule has 2 N–H and O–H groups in total. The molecule has 10 rings (SSSR count). The van der Waals surface area contributed by atoms with Crippen LogP contribution in [0.25, 0.3) is 45.3 Å². The second kappa shape index (κ2) is 13.4. The lowest BCUT2D eigenvalue weighted by Crippen LogP contribution is -2.23. The Hall–Kier alpha value is -7.25. The Kier molecular flexibility index (Phi) is 7.80. The maximum atomic E-state index is 6.28. The SMILES string of the molecule is c1ccc(-c2cccc(-c3nc(-c4cccc(C5Nc6ccccc6O5)c4)nc(-c4cccc(C5Nc6ccccc6N5c5ccccc5)c4)n3)c2)cc1. The molecule has 0 aliphatic carbocycles. The predicted octanol–water partition coefficient (Wildman–Crippen LogP) is 11.3. The summed E-state index contributed by atoms with van der Waals surface area (Å²) in [6.07, 6.45) is -0.453. The lowest BCUT2D eigenvalue weighted by atomic mass is 10.0. The van der Waals surface area contributed by atoms with Crippen LogP contribution in [0.4, 0.5) is 22.7 Å². The molecule has 0 saturated carbocycles. The zero-order chi connectivity index (χ0) is 35.8. The highest BCUT2D eigenvalue weighted by Crippen LogP contribution is 2.46. The van der Waals surface area contributed by atoms with Crippen molar-refractivity contribution in [3.8, 4) is 51.0 Å². The quantitative estimate of drug-likeness (QED) is 0.172. The molecule has 0 fully saturated rings. The number of ether oxygens (including phenoxy) is 1. The number of rotatable bonds is 7. The van der Waals surface area contributed by atoms with Gasteiger partial charge in [0.2, 0.25) is 0 Å². The summed E-state index contributed by atoms with van der Waals surface area (Å²) in [6.45, 7) is 0. The first-order valence-corrected chi connectivity index (χ1v) is 18.1. The fourth-order valence-corrected chi connectivity index (χ4v) is 7.32. The number of aromatic nitrogens is 3. The lowest BCUT2D eigenvalue weighted by molar-refractivity contribution is 0.260. The summed E-state index contributed by atoms with van der Waals surface area (Å²) in [7, 11) is 0. The predicted molar refractivity (Wildman–Crippen MR) is 216 cm³/mol. The van der Waals surface area contributed by atoms with Gasteiger partial charge in [-0.1, -0.05) is 127 Å². The molecular formula is C47H34N6O. The third kappa shape index (κ3) is 5.87. The molecule has 0 spiro atoms. The van der Waals surface area contributed by atoms with Gasteiger partial charge in [-0.25, -0.2) is 15.0 Å². The van der Waals surface area contributed by atoms with Crippen LogP contribution in [0, 0.1) is 0 Å². The molecular weight excluding hydrogens is 665 g/mol. The van der Waals surface area contributed by atoms with Crippen molar-refractivity contribution in [1.82, 2.24) is 15.0 Å². The summed E-state index contributed by atoms with van der Waals surface area (Å²) in [5.41, 5.74) is 11.3. The van der Waals surface area contributed by atoms with E-state index >= 15 is 0 Å². The van der Waals surface area contributed by atoms with Crippen LogP contribution in [0.5, 0.6) is 5.75 Å². The minimum Gasteiger partial charge on any atom is -0.464 e. The van der Waals surface area contributed by atoms with Crippen molar-refractivity contribution in [3.63, 3.8) is 0 Å². The van der Waals surface area contributed by atoms with Gasteiger partial charge in [0.1, 0.15) is 11.9 Å². The largest absolute Gasteiger partial charge is 0.464 e. The molecule has 258 valence electrons. The van der Waals surface area contributed by atoms with Crippen molar-refractivity contribution in [3.05, 3.63) is 193 Å². The first kappa shape index (κ1) is 31.5. The van der Waals surface area contributed by atoms with Crippen LogP contribution in [0.15, 0.2) is 182 Å². The van der Waals surface area contributed by atoms with Gasteiger partial charge in [0, 0.05) is 27.9 Å². The van der Waals surface area contributed by atoms with Gasteiger partial charge >= 0.3 is 0 Å². The Labute approximate surface area is 313 Å². The number of anilines is 4.